The zero-order valence-corrected chi connectivity index (χ0v) is 15.1. The number of halogens is 2. The second-order valence-corrected chi connectivity index (χ2v) is 8.11. The van der Waals surface area contributed by atoms with Gasteiger partial charge in [-0.25, -0.2) is 8.42 Å². The van der Waals surface area contributed by atoms with Gasteiger partial charge in [-0.15, -0.1) is 0 Å². The maximum absolute atomic E-state index is 11.7. The van der Waals surface area contributed by atoms with Gasteiger partial charge in [-0.2, -0.15) is 0 Å². The summed E-state index contributed by atoms with van der Waals surface area (Å²) in [6, 6.07) is 9.28. The summed E-state index contributed by atoms with van der Waals surface area (Å²) in [6.07, 6.45) is 0.935. The van der Waals surface area contributed by atoms with E-state index in [1.54, 1.807) is 6.07 Å². The van der Waals surface area contributed by atoms with Crippen LogP contribution in [0.2, 0.25) is 5.02 Å². The van der Waals surface area contributed by atoms with Crippen LogP contribution in [0.15, 0.2) is 45.8 Å². The van der Waals surface area contributed by atoms with Crippen LogP contribution in [0.1, 0.15) is 5.56 Å². The molecule has 0 amide bonds. The molecule has 0 fully saturated rings. The number of nitrogens with zero attached hydrogens (tertiary/aromatic N) is 1. The number of benzene rings is 2. The van der Waals surface area contributed by atoms with Crippen LogP contribution in [0.25, 0.3) is 0 Å². The third-order valence-corrected chi connectivity index (χ3v) is 5.03. The number of nitro groups is 1. The van der Waals surface area contributed by atoms with E-state index in [0.29, 0.717) is 17.3 Å². The maximum atomic E-state index is 11.7. The minimum Gasteiger partial charge on any atom is -0.381 e. The standard InChI is InChI=1S/C14H12BrClN2O4S/c1-23(21,22)14-7-11(4-5-13(14)18(19)20)17-8-9-2-3-10(15)6-12(9)16/h2-7,17H,8H2,1H3. The van der Waals surface area contributed by atoms with Gasteiger partial charge in [-0.3, -0.25) is 10.1 Å². The molecule has 2 aromatic rings. The average Bonchev–Trinajstić information content (AvgIpc) is 2.45. The fraction of sp³-hybridized carbons (Fsp3) is 0.143. The molecule has 0 aromatic heterocycles. The van der Waals surface area contributed by atoms with Gasteiger partial charge in [-0.1, -0.05) is 33.6 Å². The summed E-state index contributed by atoms with van der Waals surface area (Å²) < 4.78 is 24.3. The van der Waals surface area contributed by atoms with Crippen molar-refractivity contribution in [2.75, 3.05) is 11.6 Å². The SMILES string of the molecule is CS(=O)(=O)c1cc(NCc2ccc(Br)cc2Cl)ccc1[N+](=O)[O-]. The van der Waals surface area contributed by atoms with E-state index in [1.807, 2.05) is 12.1 Å². The second-order valence-electron chi connectivity index (χ2n) is 4.80. The first-order chi connectivity index (χ1) is 10.7. The molecule has 2 rings (SSSR count). The van der Waals surface area contributed by atoms with Crippen LogP contribution in [-0.4, -0.2) is 19.6 Å². The van der Waals surface area contributed by atoms with Gasteiger partial charge in [0.25, 0.3) is 5.69 Å². The Bertz CT molecular complexity index is 871. The van der Waals surface area contributed by atoms with Crippen molar-refractivity contribution >= 4 is 48.7 Å². The molecule has 0 radical (unpaired) electrons. The Hall–Kier alpha value is -1.64. The molecular weight excluding hydrogens is 408 g/mol. The summed E-state index contributed by atoms with van der Waals surface area (Å²) >= 11 is 9.42. The van der Waals surface area contributed by atoms with Crippen molar-refractivity contribution in [3.8, 4) is 0 Å². The highest BCUT2D eigenvalue weighted by atomic mass is 79.9. The summed E-state index contributed by atoms with van der Waals surface area (Å²) in [5, 5.41) is 14.5. The Labute approximate surface area is 146 Å². The summed E-state index contributed by atoms with van der Waals surface area (Å²) in [6.45, 7) is 0.354. The molecule has 0 saturated heterocycles. The summed E-state index contributed by atoms with van der Waals surface area (Å²) in [4.78, 5) is 9.89. The minimum atomic E-state index is -3.71. The van der Waals surface area contributed by atoms with Crippen molar-refractivity contribution in [3.05, 3.63) is 61.6 Å². The highest BCUT2D eigenvalue weighted by Gasteiger charge is 2.22. The van der Waals surface area contributed by atoms with Gasteiger partial charge in [-0.05, 0) is 29.8 Å². The average molecular weight is 420 g/mol. The molecule has 0 heterocycles. The highest BCUT2D eigenvalue weighted by Crippen LogP contribution is 2.28. The van der Waals surface area contributed by atoms with Crippen LogP contribution in [0.3, 0.4) is 0 Å². The molecule has 1 N–H and O–H groups in total. The van der Waals surface area contributed by atoms with Gasteiger partial charge in [0.2, 0.25) is 0 Å². The molecular formula is C14H12BrClN2O4S. The Morgan fingerprint density at radius 2 is 1.96 bits per heavy atom. The van der Waals surface area contributed by atoms with Crippen molar-refractivity contribution in [2.24, 2.45) is 0 Å². The summed E-state index contributed by atoms with van der Waals surface area (Å²) in [7, 11) is -3.71. The quantitative estimate of drug-likeness (QED) is 0.584. The van der Waals surface area contributed by atoms with Crippen LogP contribution in [-0.2, 0) is 16.4 Å². The molecule has 0 saturated carbocycles. The Balaban J connectivity index is 2.29. The van der Waals surface area contributed by atoms with Crippen molar-refractivity contribution in [2.45, 2.75) is 11.4 Å². The number of sulfone groups is 1. The van der Waals surface area contributed by atoms with Gasteiger partial charge < -0.3 is 5.32 Å². The lowest BCUT2D eigenvalue weighted by Crippen LogP contribution is -2.05. The van der Waals surface area contributed by atoms with Crippen LogP contribution < -0.4 is 5.32 Å². The summed E-state index contributed by atoms with van der Waals surface area (Å²) in [5.41, 5.74) is 0.823. The molecule has 23 heavy (non-hydrogen) atoms. The lowest BCUT2D eigenvalue weighted by Gasteiger charge is -2.10. The van der Waals surface area contributed by atoms with E-state index in [1.165, 1.54) is 18.2 Å². The van der Waals surface area contributed by atoms with E-state index in [0.717, 1.165) is 16.3 Å². The van der Waals surface area contributed by atoms with E-state index in [4.69, 9.17) is 11.6 Å². The van der Waals surface area contributed by atoms with E-state index in [9.17, 15) is 18.5 Å². The molecule has 122 valence electrons. The number of nitro benzene ring substituents is 1. The fourth-order valence-corrected chi connectivity index (χ4v) is 3.54. The van der Waals surface area contributed by atoms with Crippen molar-refractivity contribution in [1.82, 2.24) is 0 Å². The molecule has 0 bridgehead atoms. The topological polar surface area (TPSA) is 89.3 Å². The molecule has 2 aromatic carbocycles. The van der Waals surface area contributed by atoms with Gasteiger partial charge in [0.1, 0.15) is 4.90 Å². The maximum Gasteiger partial charge on any atom is 0.288 e. The van der Waals surface area contributed by atoms with Gasteiger partial charge >= 0.3 is 0 Å². The lowest BCUT2D eigenvalue weighted by atomic mass is 10.2. The zero-order chi connectivity index (χ0) is 17.2. The van der Waals surface area contributed by atoms with E-state index < -0.39 is 20.4 Å². The van der Waals surface area contributed by atoms with Gasteiger partial charge in [0, 0.05) is 34.0 Å². The fourth-order valence-electron chi connectivity index (χ4n) is 1.93. The molecule has 0 aliphatic heterocycles. The normalized spacial score (nSPS) is 11.3. The van der Waals surface area contributed by atoms with E-state index in [-0.39, 0.29) is 4.90 Å². The number of rotatable bonds is 5. The first-order valence-electron chi connectivity index (χ1n) is 6.35. The Morgan fingerprint density at radius 3 is 2.52 bits per heavy atom. The number of anilines is 1. The van der Waals surface area contributed by atoms with Crippen LogP contribution in [0.5, 0.6) is 0 Å². The first kappa shape index (κ1) is 17.7. The molecule has 0 aliphatic rings. The lowest BCUT2D eigenvalue weighted by molar-refractivity contribution is -0.387. The minimum absolute atomic E-state index is 0.325. The third kappa shape index (κ3) is 4.43. The third-order valence-electron chi connectivity index (χ3n) is 3.05. The molecule has 0 spiro atoms. The smallest absolute Gasteiger partial charge is 0.288 e. The van der Waals surface area contributed by atoms with E-state index in [2.05, 4.69) is 21.2 Å². The summed E-state index contributed by atoms with van der Waals surface area (Å²) in [5.74, 6) is 0. The van der Waals surface area contributed by atoms with Gasteiger partial charge in [0.05, 0.1) is 4.92 Å². The Morgan fingerprint density at radius 1 is 1.26 bits per heavy atom. The molecule has 9 heteroatoms. The molecule has 6 nitrogen and oxygen atoms in total. The monoisotopic (exact) mass is 418 g/mol. The van der Waals surface area contributed by atoms with Crippen LogP contribution >= 0.6 is 27.5 Å². The Kier molecular flexibility index (Phi) is 5.28. The zero-order valence-electron chi connectivity index (χ0n) is 11.9. The predicted molar refractivity (Wildman–Crippen MR) is 92.7 cm³/mol. The largest absolute Gasteiger partial charge is 0.381 e. The van der Waals surface area contributed by atoms with Gasteiger partial charge in [0.15, 0.2) is 9.84 Å². The van der Waals surface area contributed by atoms with Crippen LogP contribution in [0, 0.1) is 10.1 Å². The molecule has 0 atom stereocenters. The molecule has 0 unspecified atom stereocenters. The highest BCUT2D eigenvalue weighted by molar-refractivity contribution is 9.10. The predicted octanol–water partition coefficient (Wildman–Crippen LogP) is 4.03. The molecule has 0 aliphatic carbocycles. The first-order valence-corrected chi connectivity index (χ1v) is 9.41. The van der Waals surface area contributed by atoms with Crippen LogP contribution in [0.4, 0.5) is 11.4 Å². The van der Waals surface area contributed by atoms with E-state index >= 15 is 0 Å². The second kappa shape index (κ2) is 6.86. The number of nitrogens with one attached hydrogen (secondary N) is 1. The number of hydrogen-bond donors (Lipinski definition) is 1. The van der Waals surface area contributed by atoms with Crippen molar-refractivity contribution in [1.29, 1.82) is 0 Å². The number of hydrogen-bond acceptors (Lipinski definition) is 5. The van der Waals surface area contributed by atoms with Crippen molar-refractivity contribution < 1.29 is 13.3 Å². The van der Waals surface area contributed by atoms with Crippen molar-refractivity contribution in [3.63, 3.8) is 0 Å².